The molecule has 8 aliphatic rings. The number of hydrogen-bond acceptors (Lipinski definition) is 17. The van der Waals surface area contributed by atoms with E-state index in [2.05, 4.69) is 13.8 Å². The van der Waals surface area contributed by atoms with Gasteiger partial charge in [0, 0.05) is 25.9 Å². The molecule has 4 saturated carbocycles. The summed E-state index contributed by atoms with van der Waals surface area (Å²) >= 11 is 0. The minimum absolute atomic E-state index is 0.0793. The fourth-order valence-electron chi connectivity index (χ4n) is 13.4. The van der Waals surface area contributed by atoms with Crippen molar-refractivity contribution in [2.45, 2.75) is 183 Å². The average Bonchev–Trinajstić information content (AvgIpc) is 3.80. The van der Waals surface area contributed by atoms with Gasteiger partial charge in [-0.3, -0.25) is 4.79 Å². The maximum atomic E-state index is 12.0. The van der Waals surface area contributed by atoms with E-state index in [0.717, 1.165) is 38.5 Å². The monoisotopic (exact) mass is 844 g/mol. The summed E-state index contributed by atoms with van der Waals surface area (Å²) in [6.07, 6.45) is -11.4. The van der Waals surface area contributed by atoms with E-state index in [0.29, 0.717) is 55.5 Å². The lowest BCUT2D eigenvalue weighted by atomic mass is 9.43. The number of carbonyl (C=O) groups excluding carboxylic acids is 1. The number of methoxy groups -OCH3 is 1. The standard InChI is InChI=1S/C42H68O17/c1-18-32(46)26(52-4)14-31(55-18)54-17-28-33(47)34(48)36(50)40(58-28)59-38-27(15-43)57-39(37(51)35(38)49)56-21-12-20-5-6-22-24-8-7-23(19-11-30(45)53-16-19)41(24,2)10-9-25(22)42(20,3)29(44)13-21/h18-29,31-40,43-44,46-51H,5-17H2,1-4H3/t18-,19+,20-,21-,22+,23-,24-,25+,26+,27-,28-,29-,31-,32-,33-,34+,35-,36-,37-,38-,39-,40+,41-,42+/m1/s1. The molecule has 0 spiro atoms. The molecule has 0 unspecified atom stereocenters. The molecule has 4 aliphatic heterocycles. The molecular weight excluding hydrogens is 776 g/mol. The summed E-state index contributed by atoms with van der Waals surface area (Å²) in [7, 11) is 1.46. The van der Waals surface area contributed by atoms with Crippen LogP contribution in [-0.4, -0.2) is 172 Å². The fraction of sp³-hybridized carbons (Fsp3) is 0.976. The van der Waals surface area contributed by atoms with Crippen LogP contribution in [0.5, 0.6) is 0 Å². The Labute approximate surface area is 345 Å². The minimum Gasteiger partial charge on any atom is -0.465 e. The lowest BCUT2D eigenvalue weighted by Gasteiger charge is -2.62. The third-order valence-corrected chi connectivity index (χ3v) is 16.8. The number of rotatable bonds is 10. The van der Waals surface area contributed by atoms with E-state index >= 15 is 0 Å². The second-order valence-corrected chi connectivity index (χ2v) is 19.6. The van der Waals surface area contributed by atoms with Crippen molar-refractivity contribution in [3.63, 3.8) is 0 Å². The summed E-state index contributed by atoms with van der Waals surface area (Å²) in [6, 6.07) is 0. The Hall–Kier alpha value is -1.13. The van der Waals surface area contributed by atoms with Gasteiger partial charge in [0.05, 0.1) is 50.7 Å². The SMILES string of the molecule is CO[C@H]1C[C@H](OC[C@H]2O[C@@H](O[C@H]3[C@H](O)[C@@H](O)[C@H](O[C@@H]4C[C@H]5CC[C@H]6[C@H]7CC[C@H]([C@@H]8COC(=O)C8)[C@@]7(C)CC[C@@H]6[C@@]5(C)[C@H](O)C4)O[C@@H]3CO)[C@H](O)[C@@H](O)[C@@H]2O)O[C@H](C)[C@H]1O. The van der Waals surface area contributed by atoms with Gasteiger partial charge < -0.3 is 78.7 Å². The minimum atomic E-state index is -1.79. The summed E-state index contributed by atoms with van der Waals surface area (Å²) in [4.78, 5) is 12.0. The molecule has 24 atom stereocenters. The molecule has 0 aromatic heterocycles. The van der Waals surface area contributed by atoms with Crippen molar-refractivity contribution in [2.24, 2.45) is 46.3 Å². The van der Waals surface area contributed by atoms with E-state index in [4.69, 9.17) is 37.9 Å². The summed E-state index contributed by atoms with van der Waals surface area (Å²) < 4.78 is 46.3. The molecule has 0 radical (unpaired) electrons. The zero-order chi connectivity index (χ0) is 42.1. The van der Waals surface area contributed by atoms with E-state index in [1.54, 1.807) is 6.92 Å². The van der Waals surface area contributed by atoms with Gasteiger partial charge in [-0.15, -0.1) is 0 Å². The molecule has 0 bridgehead atoms. The molecule has 17 heteroatoms. The first-order valence-corrected chi connectivity index (χ1v) is 22.0. The molecular formula is C42H68O17. The predicted octanol–water partition coefficient (Wildman–Crippen LogP) is -0.276. The van der Waals surface area contributed by atoms with Crippen molar-refractivity contribution in [3.8, 4) is 0 Å². The molecule has 0 aromatic rings. The highest BCUT2D eigenvalue weighted by Gasteiger charge is 2.64. The van der Waals surface area contributed by atoms with Crippen LogP contribution in [-0.2, 0) is 42.7 Å². The number of esters is 1. The van der Waals surface area contributed by atoms with Crippen LogP contribution in [0, 0.1) is 46.3 Å². The van der Waals surface area contributed by atoms with Gasteiger partial charge in [-0.2, -0.15) is 0 Å². The smallest absolute Gasteiger partial charge is 0.306 e. The van der Waals surface area contributed by atoms with E-state index in [9.17, 15) is 45.6 Å². The van der Waals surface area contributed by atoms with Gasteiger partial charge in [0.1, 0.15) is 54.9 Å². The molecule has 4 heterocycles. The number of ether oxygens (including phenoxy) is 8. The lowest BCUT2D eigenvalue weighted by molar-refractivity contribution is -0.367. The predicted molar refractivity (Wildman–Crippen MR) is 202 cm³/mol. The highest BCUT2D eigenvalue weighted by molar-refractivity contribution is 5.71. The number of aliphatic hydroxyl groups is 8. The maximum absolute atomic E-state index is 12.0. The first kappa shape index (κ1) is 44.5. The third kappa shape index (κ3) is 7.94. The summed E-state index contributed by atoms with van der Waals surface area (Å²) in [5, 5.41) is 87.6. The van der Waals surface area contributed by atoms with Crippen LogP contribution in [0.1, 0.15) is 85.0 Å². The largest absolute Gasteiger partial charge is 0.465 e. The second kappa shape index (κ2) is 17.4. The average molecular weight is 845 g/mol. The maximum Gasteiger partial charge on any atom is 0.306 e. The highest BCUT2D eigenvalue weighted by Crippen LogP contribution is 2.68. The second-order valence-electron chi connectivity index (χ2n) is 19.6. The topological polar surface area (TPSA) is 253 Å². The van der Waals surface area contributed by atoms with E-state index in [-0.39, 0.29) is 35.7 Å². The quantitative estimate of drug-likeness (QED) is 0.104. The van der Waals surface area contributed by atoms with E-state index in [1.807, 2.05) is 0 Å². The Kier molecular flexibility index (Phi) is 13.2. The molecule has 338 valence electrons. The van der Waals surface area contributed by atoms with Crippen LogP contribution in [0.25, 0.3) is 0 Å². The van der Waals surface area contributed by atoms with Crippen molar-refractivity contribution < 1.29 is 83.5 Å². The molecule has 0 amide bonds. The van der Waals surface area contributed by atoms with Crippen molar-refractivity contribution in [2.75, 3.05) is 26.9 Å². The van der Waals surface area contributed by atoms with Crippen LogP contribution >= 0.6 is 0 Å². The Balaban J connectivity index is 0.874. The summed E-state index contributed by atoms with van der Waals surface area (Å²) in [5.74, 6) is 2.26. The zero-order valence-corrected chi connectivity index (χ0v) is 34.6. The zero-order valence-electron chi connectivity index (χ0n) is 34.6. The van der Waals surface area contributed by atoms with Gasteiger partial charge in [0.25, 0.3) is 0 Å². The Bertz CT molecular complexity index is 1460. The number of aliphatic hydroxyl groups excluding tert-OH is 8. The molecule has 59 heavy (non-hydrogen) atoms. The molecule has 8 N–H and O–H groups in total. The molecule has 4 saturated heterocycles. The van der Waals surface area contributed by atoms with Crippen LogP contribution in [0.3, 0.4) is 0 Å². The van der Waals surface area contributed by atoms with Gasteiger partial charge in [-0.05, 0) is 92.3 Å². The van der Waals surface area contributed by atoms with Crippen molar-refractivity contribution in [1.29, 1.82) is 0 Å². The highest BCUT2D eigenvalue weighted by atomic mass is 16.8. The lowest BCUT2D eigenvalue weighted by Crippen LogP contribution is -2.65. The normalized spacial score (nSPS) is 55.2. The number of carbonyl (C=O) groups is 1. The van der Waals surface area contributed by atoms with Crippen LogP contribution in [0.2, 0.25) is 0 Å². The molecule has 0 aromatic carbocycles. The summed E-state index contributed by atoms with van der Waals surface area (Å²) in [5.41, 5.74) is -0.151. The third-order valence-electron chi connectivity index (χ3n) is 16.8. The summed E-state index contributed by atoms with van der Waals surface area (Å²) in [6.45, 7) is 5.90. The van der Waals surface area contributed by atoms with Crippen molar-refractivity contribution in [1.82, 2.24) is 0 Å². The molecule has 8 fully saturated rings. The Morgan fingerprint density at radius 1 is 0.746 bits per heavy atom. The van der Waals surface area contributed by atoms with E-state index < -0.39 is 105 Å². The van der Waals surface area contributed by atoms with Gasteiger partial charge in [-0.25, -0.2) is 0 Å². The number of hydrogen-bond donors (Lipinski definition) is 8. The first-order chi connectivity index (χ1) is 28.1. The van der Waals surface area contributed by atoms with Crippen LogP contribution < -0.4 is 0 Å². The van der Waals surface area contributed by atoms with Gasteiger partial charge in [-0.1, -0.05) is 13.8 Å². The van der Waals surface area contributed by atoms with Crippen molar-refractivity contribution >= 4 is 5.97 Å². The fourth-order valence-corrected chi connectivity index (χ4v) is 13.4. The molecule has 8 rings (SSSR count). The van der Waals surface area contributed by atoms with Crippen LogP contribution in [0.15, 0.2) is 0 Å². The molecule has 4 aliphatic carbocycles. The first-order valence-electron chi connectivity index (χ1n) is 22.0. The molecule has 17 nitrogen and oxygen atoms in total. The van der Waals surface area contributed by atoms with Crippen LogP contribution in [0.4, 0.5) is 0 Å². The Morgan fingerprint density at radius 2 is 1.46 bits per heavy atom. The van der Waals surface area contributed by atoms with Crippen molar-refractivity contribution in [3.05, 3.63) is 0 Å². The number of fused-ring (bicyclic) bond motifs is 5. The number of cyclic esters (lactones) is 1. The van der Waals surface area contributed by atoms with Gasteiger partial charge in [0.15, 0.2) is 18.9 Å². The van der Waals surface area contributed by atoms with Gasteiger partial charge >= 0.3 is 5.97 Å². The Morgan fingerprint density at radius 3 is 2.17 bits per heavy atom. The van der Waals surface area contributed by atoms with E-state index in [1.165, 1.54) is 7.11 Å². The van der Waals surface area contributed by atoms with Gasteiger partial charge in [0.2, 0.25) is 0 Å².